The van der Waals surface area contributed by atoms with Gasteiger partial charge >= 0.3 is 5.97 Å². The minimum atomic E-state index is -1.03. The number of pyridine rings is 1. The quantitative estimate of drug-likeness (QED) is 0.146. The van der Waals surface area contributed by atoms with E-state index in [9.17, 15) is 14.7 Å². The predicted octanol–water partition coefficient (Wildman–Crippen LogP) is 6.07. The van der Waals surface area contributed by atoms with Crippen molar-refractivity contribution in [2.45, 2.75) is 32.4 Å². The number of carboxylic acid groups (broad SMARTS) is 1. The molecule has 1 unspecified atom stereocenters. The highest BCUT2D eigenvalue weighted by molar-refractivity contribution is 6.12. The number of anilines is 1. The first-order valence-corrected chi connectivity index (χ1v) is 14.7. The molecule has 2 heterocycles. The standard InChI is InChI=1S/C36H36N4O5/c1-24-31(39-35(45-24)27-9-5-4-6-10-27)17-19-44-29-14-12-25(13-15-29)21-33(36(42)43)38-32-16-18-37-22-30(32)34(41)28-11-7-8-26(20-28)23-40(2)3/h4-16,18,20,22,33H,17,19,21,23H2,1-3H3,(H,37,38)(H,42,43). The Morgan fingerprint density at radius 3 is 2.49 bits per heavy atom. The third kappa shape index (κ3) is 8.21. The summed E-state index contributed by atoms with van der Waals surface area (Å²) in [5, 5.41) is 13.1. The molecule has 2 N–H and O–H groups in total. The van der Waals surface area contributed by atoms with E-state index in [1.807, 2.05) is 98.7 Å². The molecular formula is C36H36N4O5. The molecule has 9 nitrogen and oxygen atoms in total. The van der Waals surface area contributed by atoms with Crippen LogP contribution < -0.4 is 10.1 Å². The van der Waals surface area contributed by atoms with Crippen LogP contribution in [0, 0.1) is 6.92 Å². The van der Waals surface area contributed by atoms with E-state index in [1.54, 1.807) is 12.1 Å². The summed E-state index contributed by atoms with van der Waals surface area (Å²) in [5.74, 6) is 0.760. The third-order valence-corrected chi connectivity index (χ3v) is 7.27. The number of ketones is 1. The van der Waals surface area contributed by atoms with Gasteiger partial charge in [0.25, 0.3) is 0 Å². The molecule has 5 aromatic rings. The maximum absolute atomic E-state index is 13.4. The van der Waals surface area contributed by atoms with Crippen LogP contribution in [0.5, 0.6) is 5.75 Å². The van der Waals surface area contributed by atoms with Crippen LogP contribution in [-0.4, -0.2) is 58.5 Å². The second kappa shape index (κ2) is 14.5. The first-order valence-electron chi connectivity index (χ1n) is 14.7. The number of oxazole rings is 1. The molecule has 0 radical (unpaired) electrons. The van der Waals surface area contributed by atoms with Gasteiger partial charge in [0, 0.05) is 48.6 Å². The predicted molar refractivity (Wildman–Crippen MR) is 173 cm³/mol. The molecule has 1 atom stereocenters. The smallest absolute Gasteiger partial charge is 0.326 e. The monoisotopic (exact) mass is 604 g/mol. The van der Waals surface area contributed by atoms with Crippen LogP contribution in [0.25, 0.3) is 11.5 Å². The number of carboxylic acids is 1. The number of aromatic nitrogens is 2. The van der Waals surface area contributed by atoms with E-state index >= 15 is 0 Å². The molecule has 0 saturated carbocycles. The van der Waals surface area contributed by atoms with Crippen molar-refractivity contribution in [1.82, 2.24) is 14.9 Å². The van der Waals surface area contributed by atoms with E-state index in [0.717, 1.165) is 28.1 Å². The molecule has 2 aromatic heterocycles. The van der Waals surface area contributed by atoms with Crippen LogP contribution in [0.1, 0.15) is 38.5 Å². The van der Waals surface area contributed by atoms with Crippen molar-refractivity contribution in [1.29, 1.82) is 0 Å². The van der Waals surface area contributed by atoms with Gasteiger partial charge in [-0.25, -0.2) is 9.78 Å². The van der Waals surface area contributed by atoms with Crippen molar-refractivity contribution >= 4 is 17.4 Å². The summed E-state index contributed by atoms with van der Waals surface area (Å²) in [5.41, 5.74) is 4.83. The molecule has 0 bridgehead atoms. The first kappa shape index (κ1) is 31.2. The average Bonchev–Trinajstić information content (AvgIpc) is 3.41. The molecule has 230 valence electrons. The number of nitrogens with zero attached hydrogens (tertiary/aromatic N) is 3. The fraction of sp³-hybridized carbons (Fsp3) is 0.222. The minimum absolute atomic E-state index is 0.199. The maximum Gasteiger partial charge on any atom is 0.326 e. The Bertz CT molecular complexity index is 1750. The number of carbonyl (C=O) groups is 2. The summed E-state index contributed by atoms with van der Waals surface area (Å²) in [6, 6.07) is 25.2. The van der Waals surface area contributed by atoms with E-state index in [-0.39, 0.29) is 12.2 Å². The Hall–Kier alpha value is -5.28. The zero-order valence-corrected chi connectivity index (χ0v) is 25.6. The van der Waals surface area contributed by atoms with Crippen molar-refractivity contribution in [3.05, 3.63) is 131 Å². The van der Waals surface area contributed by atoms with E-state index in [0.29, 0.717) is 48.0 Å². The van der Waals surface area contributed by atoms with Gasteiger partial charge < -0.3 is 24.5 Å². The molecule has 0 saturated heterocycles. The number of aryl methyl sites for hydroxylation is 1. The van der Waals surface area contributed by atoms with Crippen LogP contribution in [0.15, 0.2) is 102 Å². The Labute approximate surface area is 262 Å². The van der Waals surface area contributed by atoms with Crippen molar-refractivity contribution in [2.75, 3.05) is 26.0 Å². The summed E-state index contributed by atoms with van der Waals surface area (Å²) in [4.78, 5) is 36.5. The number of aliphatic carboxylic acids is 1. The van der Waals surface area contributed by atoms with Gasteiger partial charge in [-0.2, -0.15) is 0 Å². The van der Waals surface area contributed by atoms with Crippen LogP contribution in [-0.2, 0) is 24.2 Å². The van der Waals surface area contributed by atoms with Gasteiger partial charge in [-0.1, -0.05) is 48.5 Å². The highest BCUT2D eigenvalue weighted by Crippen LogP contribution is 2.24. The van der Waals surface area contributed by atoms with Crippen molar-refractivity contribution in [3.63, 3.8) is 0 Å². The molecule has 0 fully saturated rings. The van der Waals surface area contributed by atoms with Crippen molar-refractivity contribution in [2.24, 2.45) is 0 Å². The second-order valence-electron chi connectivity index (χ2n) is 11.1. The summed E-state index contributed by atoms with van der Waals surface area (Å²) in [6.45, 7) is 3.00. The zero-order chi connectivity index (χ0) is 31.8. The van der Waals surface area contributed by atoms with E-state index in [2.05, 4.69) is 15.3 Å². The first-order chi connectivity index (χ1) is 21.8. The lowest BCUT2D eigenvalue weighted by molar-refractivity contribution is -0.137. The minimum Gasteiger partial charge on any atom is -0.493 e. The maximum atomic E-state index is 13.4. The zero-order valence-electron chi connectivity index (χ0n) is 25.6. The molecule has 0 aliphatic rings. The molecule has 0 aliphatic heterocycles. The highest BCUT2D eigenvalue weighted by Gasteiger charge is 2.22. The van der Waals surface area contributed by atoms with Gasteiger partial charge in [-0.15, -0.1) is 0 Å². The van der Waals surface area contributed by atoms with Gasteiger partial charge in [0.2, 0.25) is 5.89 Å². The number of ether oxygens (including phenoxy) is 1. The van der Waals surface area contributed by atoms with Gasteiger partial charge in [0.15, 0.2) is 5.78 Å². The van der Waals surface area contributed by atoms with E-state index < -0.39 is 12.0 Å². The van der Waals surface area contributed by atoms with E-state index in [1.165, 1.54) is 12.4 Å². The number of hydrogen-bond acceptors (Lipinski definition) is 8. The molecule has 5 rings (SSSR count). The number of rotatable bonds is 14. The van der Waals surface area contributed by atoms with Crippen LogP contribution in [0.2, 0.25) is 0 Å². The SMILES string of the molecule is Cc1oc(-c2ccccc2)nc1CCOc1ccc(CC(Nc2ccncc2C(=O)c2cccc(CN(C)C)c2)C(=O)O)cc1. The third-order valence-electron chi connectivity index (χ3n) is 7.27. The van der Waals surface area contributed by atoms with Gasteiger partial charge in [-0.05, 0) is 68.5 Å². The molecule has 45 heavy (non-hydrogen) atoms. The summed E-state index contributed by atoms with van der Waals surface area (Å²) >= 11 is 0. The lowest BCUT2D eigenvalue weighted by atomic mass is 10.00. The van der Waals surface area contributed by atoms with Gasteiger partial charge in [0.1, 0.15) is 17.6 Å². The van der Waals surface area contributed by atoms with Gasteiger partial charge in [-0.3, -0.25) is 9.78 Å². The molecule has 0 amide bonds. The Morgan fingerprint density at radius 1 is 0.978 bits per heavy atom. The second-order valence-corrected chi connectivity index (χ2v) is 11.1. The Kier molecular flexibility index (Phi) is 10.0. The Balaban J connectivity index is 1.20. The number of hydrogen-bond donors (Lipinski definition) is 2. The molecule has 9 heteroatoms. The average molecular weight is 605 g/mol. The summed E-state index contributed by atoms with van der Waals surface area (Å²) in [7, 11) is 3.93. The summed E-state index contributed by atoms with van der Waals surface area (Å²) < 4.78 is 11.8. The van der Waals surface area contributed by atoms with Crippen LogP contribution in [0.3, 0.4) is 0 Å². The highest BCUT2D eigenvalue weighted by atomic mass is 16.5. The fourth-order valence-corrected chi connectivity index (χ4v) is 5.01. The largest absolute Gasteiger partial charge is 0.493 e. The van der Waals surface area contributed by atoms with Gasteiger partial charge in [0.05, 0.1) is 17.9 Å². The lowest BCUT2D eigenvalue weighted by Crippen LogP contribution is -2.32. The molecule has 0 aliphatic carbocycles. The van der Waals surface area contributed by atoms with E-state index in [4.69, 9.17) is 9.15 Å². The number of nitrogens with one attached hydrogen (secondary N) is 1. The molecule has 0 spiro atoms. The normalized spacial score (nSPS) is 11.7. The summed E-state index contributed by atoms with van der Waals surface area (Å²) in [6.07, 6.45) is 3.79. The van der Waals surface area contributed by atoms with Crippen molar-refractivity contribution in [3.8, 4) is 17.2 Å². The van der Waals surface area contributed by atoms with Crippen molar-refractivity contribution < 1.29 is 23.8 Å². The number of benzene rings is 3. The molecule has 3 aromatic carbocycles. The lowest BCUT2D eigenvalue weighted by Gasteiger charge is -2.18. The Morgan fingerprint density at radius 2 is 1.76 bits per heavy atom. The fourth-order valence-electron chi connectivity index (χ4n) is 5.01. The topological polar surface area (TPSA) is 118 Å². The molecular weight excluding hydrogens is 568 g/mol. The van der Waals surface area contributed by atoms with Crippen LogP contribution >= 0.6 is 0 Å². The van der Waals surface area contributed by atoms with Crippen LogP contribution in [0.4, 0.5) is 5.69 Å². The number of carbonyl (C=O) groups excluding carboxylic acids is 1.